The van der Waals surface area contributed by atoms with Crippen molar-refractivity contribution in [2.75, 3.05) is 13.2 Å². The Morgan fingerprint density at radius 2 is 0.638 bits per heavy atom. The van der Waals surface area contributed by atoms with E-state index in [9.17, 15) is 9.46 Å². The van der Waals surface area contributed by atoms with Crippen LogP contribution in [0.3, 0.4) is 0 Å². The lowest BCUT2D eigenvalue weighted by molar-refractivity contribution is 0.123. The van der Waals surface area contributed by atoms with Crippen LogP contribution in [0.2, 0.25) is 0 Å². The molecule has 0 fully saturated rings. The lowest BCUT2D eigenvalue weighted by atomic mass is 9.94. The van der Waals surface area contributed by atoms with E-state index < -0.39 is 7.82 Å². The first kappa shape index (κ1) is 47.1. The molecule has 0 heterocycles. The van der Waals surface area contributed by atoms with Gasteiger partial charge in [0.2, 0.25) is 0 Å². The van der Waals surface area contributed by atoms with Crippen molar-refractivity contribution < 1.29 is 18.5 Å². The van der Waals surface area contributed by atoms with E-state index in [1.165, 1.54) is 205 Å². The number of rotatable bonds is 41. The second kappa shape index (κ2) is 38.9. The van der Waals surface area contributed by atoms with E-state index in [-0.39, 0.29) is 0 Å². The summed E-state index contributed by atoms with van der Waals surface area (Å²) in [5.41, 5.74) is 0. The third kappa shape index (κ3) is 38.8. The molecule has 284 valence electrons. The summed E-state index contributed by atoms with van der Waals surface area (Å²) in [5, 5.41) is 0. The summed E-state index contributed by atoms with van der Waals surface area (Å²) in [6.45, 7) is 7.53. The average molecular weight is 687 g/mol. The predicted octanol–water partition coefficient (Wildman–Crippen LogP) is 15.8. The van der Waals surface area contributed by atoms with Gasteiger partial charge in [-0.05, 0) is 25.2 Å². The van der Waals surface area contributed by atoms with Gasteiger partial charge in [0, 0.05) is 0 Å². The van der Waals surface area contributed by atoms with Gasteiger partial charge in [0.15, 0.2) is 0 Å². The van der Waals surface area contributed by atoms with Gasteiger partial charge >= 0.3 is 7.82 Å². The zero-order valence-electron chi connectivity index (χ0n) is 32.6. The SMILES string of the molecule is CCCCCCCCCCCCCCCCCCOP(=O)(O)OCC(CCCCCCCCCC)CCCCCCCCCCCC. The van der Waals surface area contributed by atoms with Gasteiger partial charge in [-0.1, -0.05) is 233 Å². The second-order valence-electron chi connectivity index (χ2n) is 15.0. The molecule has 0 aliphatic carbocycles. The van der Waals surface area contributed by atoms with Crippen molar-refractivity contribution in [3.05, 3.63) is 0 Å². The molecule has 0 aromatic carbocycles. The minimum atomic E-state index is -3.96. The smallest absolute Gasteiger partial charge is 0.302 e. The maximum absolute atomic E-state index is 12.6. The molecule has 5 heteroatoms. The van der Waals surface area contributed by atoms with Crippen molar-refractivity contribution in [1.29, 1.82) is 0 Å². The Morgan fingerprint density at radius 3 is 0.936 bits per heavy atom. The minimum absolute atomic E-state index is 0.327. The van der Waals surface area contributed by atoms with Gasteiger partial charge in [0.1, 0.15) is 0 Å². The van der Waals surface area contributed by atoms with Gasteiger partial charge < -0.3 is 4.89 Å². The van der Waals surface area contributed by atoms with E-state index >= 15 is 0 Å². The summed E-state index contributed by atoms with van der Waals surface area (Å²) in [7, 11) is -3.96. The topological polar surface area (TPSA) is 55.8 Å². The Hall–Kier alpha value is 0.110. The molecule has 0 rings (SSSR count). The van der Waals surface area contributed by atoms with Gasteiger partial charge in [-0.25, -0.2) is 4.57 Å². The van der Waals surface area contributed by atoms with Gasteiger partial charge in [-0.2, -0.15) is 0 Å². The molecule has 0 bridgehead atoms. The number of hydrogen-bond acceptors (Lipinski definition) is 3. The molecule has 4 nitrogen and oxygen atoms in total. The maximum atomic E-state index is 12.6. The zero-order valence-corrected chi connectivity index (χ0v) is 33.5. The van der Waals surface area contributed by atoms with E-state index in [0.717, 1.165) is 25.7 Å². The molecule has 0 spiro atoms. The third-order valence-corrected chi connectivity index (χ3v) is 11.1. The van der Waals surface area contributed by atoms with Crippen molar-refractivity contribution in [3.63, 3.8) is 0 Å². The summed E-state index contributed by atoms with van der Waals surface area (Å²) in [6.07, 6.45) is 47.3. The fourth-order valence-electron chi connectivity index (χ4n) is 6.87. The van der Waals surface area contributed by atoms with Crippen LogP contribution in [0.25, 0.3) is 0 Å². The van der Waals surface area contributed by atoms with Crippen LogP contribution in [0.15, 0.2) is 0 Å². The predicted molar refractivity (Wildman–Crippen MR) is 208 cm³/mol. The first-order valence-electron chi connectivity index (χ1n) is 21.7. The Bertz CT molecular complexity index is 628. The zero-order chi connectivity index (χ0) is 34.4. The third-order valence-electron chi connectivity index (χ3n) is 10.2. The van der Waals surface area contributed by atoms with Crippen LogP contribution in [-0.4, -0.2) is 18.1 Å². The summed E-state index contributed by atoms with van der Waals surface area (Å²) in [6, 6.07) is 0. The summed E-state index contributed by atoms with van der Waals surface area (Å²) in [4.78, 5) is 10.4. The minimum Gasteiger partial charge on any atom is -0.302 e. The monoisotopic (exact) mass is 687 g/mol. The summed E-state index contributed by atoms with van der Waals surface area (Å²) < 4.78 is 23.6. The van der Waals surface area contributed by atoms with Crippen LogP contribution in [0.1, 0.15) is 252 Å². The fourth-order valence-corrected chi connectivity index (χ4v) is 7.70. The average Bonchev–Trinajstić information content (AvgIpc) is 3.06. The molecule has 0 radical (unpaired) electrons. The Balaban J connectivity index is 4.00. The van der Waals surface area contributed by atoms with Crippen LogP contribution < -0.4 is 0 Å². The highest BCUT2D eigenvalue weighted by Crippen LogP contribution is 2.44. The van der Waals surface area contributed by atoms with E-state index in [4.69, 9.17) is 9.05 Å². The molecule has 1 N–H and O–H groups in total. The molecule has 0 aromatic heterocycles. The highest BCUT2D eigenvalue weighted by atomic mass is 31.2. The standard InChI is InChI=1S/C42H87O4P/c1-4-7-10-13-16-19-21-22-23-24-25-26-28-31-34-37-40-45-47(43,44)46-41-42(38-35-32-29-18-15-12-9-6-3)39-36-33-30-27-20-17-14-11-8-5-2/h42H,4-41H2,1-3H3,(H,43,44). The molecular weight excluding hydrogens is 599 g/mol. The lowest BCUT2D eigenvalue weighted by Crippen LogP contribution is -2.10. The van der Waals surface area contributed by atoms with E-state index in [1.54, 1.807) is 0 Å². The van der Waals surface area contributed by atoms with Crippen molar-refractivity contribution in [3.8, 4) is 0 Å². The summed E-state index contributed by atoms with van der Waals surface area (Å²) >= 11 is 0. The van der Waals surface area contributed by atoms with Crippen LogP contribution in [0, 0.1) is 5.92 Å². The van der Waals surface area contributed by atoms with Crippen molar-refractivity contribution in [1.82, 2.24) is 0 Å². The molecule has 0 saturated carbocycles. The highest BCUT2D eigenvalue weighted by Gasteiger charge is 2.23. The van der Waals surface area contributed by atoms with Gasteiger partial charge in [-0.15, -0.1) is 0 Å². The van der Waals surface area contributed by atoms with E-state index in [0.29, 0.717) is 19.1 Å². The first-order valence-corrected chi connectivity index (χ1v) is 23.2. The quantitative estimate of drug-likeness (QED) is 0.0514. The van der Waals surface area contributed by atoms with Gasteiger partial charge in [0.25, 0.3) is 0 Å². The highest BCUT2D eigenvalue weighted by molar-refractivity contribution is 7.47. The normalized spacial score (nSPS) is 13.7. The summed E-state index contributed by atoms with van der Waals surface area (Å²) in [5.74, 6) is 0.365. The molecular formula is C42H87O4P. The number of unbranched alkanes of at least 4 members (excludes halogenated alkanes) is 31. The molecule has 0 aliphatic heterocycles. The molecule has 47 heavy (non-hydrogen) atoms. The molecule has 0 aromatic rings. The van der Waals surface area contributed by atoms with Crippen molar-refractivity contribution in [2.45, 2.75) is 252 Å². The second-order valence-corrected chi connectivity index (χ2v) is 16.5. The lowest BCUT2D eigenvalue weighted by Gasteiger charge is -2.19. The molecule has 0 saturated heterocycles. The molecule has 0 amide bonds. The fraction of sp³-hybridized carbons (Fsp3) is 1.00. The van der Waals surface area contributed by atoms with Gasteiger partial charge in [-0.3, -0.25) is 9.05 Å². The molecule has 2 unspecified atom stereocenters. The number of phosphoric acid groups is 1. The largest absolute Gasteiger partial charge is 0.472 e. The Labute approximate surface area is 296 Å². The van der Waals surface area contributed by atoms with E-state index in [1.807, 2.05) is 0 Å². The van der Waals surface area contributed by atoms with Crippen LogP contribution in [0.4, 0.5) is 0 Å². The number of phosphoric ester groups is 1. The van der Waals surface area contributed by atoms with Gasteiger partial charge in [0.05, 0.1) is 13.2 Å². The van der Waals surface area contributed by atoms with Crippen molar-refractivity contribution >= 4 is 7.82 Å². The van der Waals surface area contributed by atoms with Crippen LogP contribution in [0.5, 0.6) is 0 Å². The maximum Gasteiger partial charge on any atom is 0.472 e. The molecule has 2 atom stereocenters. The Kier molecular flexibility index (Phi) is 39.0. The van der Waals surface area contributed by atoms with Crippen LogP contribution in [-0.2, 0) is 13.6 Å². The number of hydrogen-bond donors (Lipinski definition) is 1. The molecule has 0 aliphatic rings. The Morgan fingerprint density at radius 1 is 0.383 bits per heavy atom. The first-order chi connectivity index (χ1) is 23.1. The van der Waals surface area contributed by atoms with E-state index in [2.05, 4.69) is 20.8 Å². The van der Waals surface area contributed by atoms with Crippen LogP contribution >= 0.6 is 7.82 Å². The van der Waals surface area contributed by atoms with Crippen molar-refractivity contribution in [2.24, 2.45) is 5.92 Å².